The second-order valence-electron chi connectivity index (χ2n) is 4.27. The molecule has 0 saturated heterocycles. The molecule has 0 amide bonds. The third-order valence-electron chi connectivity index (χ3n) is 2.76. The van der Waals surface area contributed by atoms with Gasteiger partial charge in [0.15, 0.2) is 0 Å². The quantitative estimate of drug-likeness (QED) is 0.786. The summed E-state index contributed by atoms with van der Waals surface area (Å²) in [5.74, 6) is 0.292. The second-order valence-corrected chi connectivity index (χ2v) is 5.39. The molecule has 3 rings (SSSR count). The van der Waals surface area contributed by atoms with Crippen LogP contribution < -0.4 is 0 Å². The number of benzene rings is 2. The number of thioether (sulfide) groups is 1. The van der Waals surface area contributed by atoms with Crippen LogP contribution in [0.25, 0.3) is 6.08 Å². The number of allylic oxidation sites excluding steroid dienone is 1. The van der Waals surface area contributed by atoms with Gasteiger partial charge in [-0.15, -0.1) is 0 Å². The predicted molar refractivity (Wildman–Crippen MR) is 80.9 cm³/mol. The SMILES string of the molecule is O=C1O/C(=C\c2ccccc2)C=C1Sc1ccccc1. The molecule has 1 aliphatic heterocycles. The highest BCUT2D eigenvalue weighted by molar-refractivity contribution is 8.04. The summed E-state index contributed by atoms with van der Waals surface area (Å²) in [5, 5.41) is 0. The van der Waals surface area contributed by atoms with E-state index in [4.69, 9.17) is 4.74 Å². The molecule has 0 radical (unpaired) electrons. The molecule has 0 unspecified atom stereocenters. The molecule has 2 aromatic rings. The number of ether oxygens (including phenoxy) is 1. The fraction of sp³-hybridized carbons (Fsp3) is 0. The summed E-state index contributed by atoms with van der Waals surface area (Å²) in [6.07, 6.45) is 3.64. The Kier molecular flexibility index (Phi) is 3.70. The van der Waals surface area contributed by atoms with Crippen molar-refractivity contribution in [3.05, 3.63) is 83.0 Å². The first-order chi connectivity index (χ1) is 9.81. The fourth-order valence-electron chi connectivity index (χ4n) is 1.85. The van der Waals surface area contributed by atoms with Crippen LogP contribution in [0.1, 0.15) is 5.56 Å². The van der Waals surface area contributed by atoms with E-state index in [2.05, 4.69) is 0 Å². The lowest BCUT2D eigenvalue weighted by atomic mass is 10.2. The lowest BCUT2D eigenvalue weighted by Crippen LogP contribution is -1.95. The Bertz CT molecular complexity index is 673. The summed E-state index contributed by atoms with van der Waals surface area (Å²) in [4.78, 5) is 13.5. The average molecular weight is 280 g/mol. The molecule has 2 aromatic carbocycles. The molecule has 0 aromatic heterocycles. The summed E-state index contributed by atoms with van der Waals surface area (Å²) in [6, 6.07) is 19.6. The molecule has 3 heteroatoms. The third kappa shape index (κ3) is 3.00. The Morgan fingerprint density at radius 2 is 1.55 bits per heavy atom. The van der Waals surface area contributed by atoms with E-state index < -0.39 is 0 Å². The number of carbonyl (C=O) groups is 1. The van der Waals surface area contributed by atoms with Gasteiger partial charge >= 0.3 is 5.97 Å². The van der Waals surface area contributed by atoms with E-state index in [-0.39, 0.29) is 5.97 Å². The molecule has 0 spiro atoms. The zero-order chi connectivity index (χ0) is 13.8. The number of cyclic esters (lactones) is 1. The molecule has 1 heterocycles. The monoisotopic (exact) mass is 280 g/mol. The maximum absolute atomic E-state index is 11.8. The van der Waals surface area contributed by atoms with Crippen LogP contribution in [0.4, 0.5) is 0 Å². The van der Waals surface area contributed by atoms with Crippen LogP contribution in [-0.4, -0.2) is 5.97 Å². The van der Waals surface area contributed by atoms with E-state index in [1.54, 1.807) is 6.08 Å². The molecule has 20 heavy (non-hydrogen) atoms. The molecule has 0 N–H and O–H groups in total. The maximum Gasteiger partial charge on any atom is 0.350 e. The Morgan fingerprint density at radius 3 is 2.25 bits per heavy atom. The Labute approximate surface area is 121 Å². The highest BCUT2D eigenvalue weighted by Gasteiger charge is 2.22. The van der Waals surface area contributed by atoms with Crippen molar-refractivity contribution in [2.24, 2.45) is 0 Å². The van der Waals surface area contributed by atoms with Gasteiger partial charge in [0.05, 0.1) is 0 Å². The van der Waals surface area contributed by atoms with Crippen molar-refractivity contribution in [1.29, 1.82) is 0 Å². The first kappa shape index (κ1) is 12.8. The van der Waals surface area contributed by atoms with Gasteiger partial charge in [-0.25, -0.2) is 4.79 Å². The molecule has 0 bridgehead atoms. The van der Waals surface area contributed by atoms with E-state index in [1.807, 2.05) is 66.7 Å². The summed E-state index contributed by atoms with van der Waals surface area (Å²) >= 11 is 1.42. The Morgan fingerprint density at radius 1 is 0.900 bits per heavy atom. The van der Waals surface area contributed by atoms with E-state index in [1.165, 1.54) is 11.8 Å². The van der Waals surface area contributed by atoms with Crippen LogP contribution in [0, 0.1) is 0 Å². The van der Waals surface area contributed by atoms with Gasteiger partial charge in [0.1, 0.15) is 10.7 Å². The second kappa shape index (κ2) is 5.80. The zero-order valence-electron chi connectivity index (χ0n) is 10.7. The summed E-state index contributed by atoms with van der Waals surface area (Å²) in [7, 11) is 0. The summed E-state index contributed by atoms with van der Waals surface area (Å²) < 4.78 is 5.26. The number of esters is 1. The molecule has 1 aliphatic rings. The van der Waals surface area contributed by atoms with Crippen molar-refractivity contribution < 1.29 is 9.53 Å². The summed E-state index contributed by atoms with van der Waals surface area (Å²) in [6.45, 7) is 0. The lowest BCUT2D eigenvalue weighted by Gasteiger charge is -1.98. The minimum absolute atomic E-state index is 0.291. The van der Waals surface area contributed by atoms with Crippen LogP contribution in [-0.2, 0) is 9.53 Å². The highest BCUT2D eigenvalue weighted by Crippen LogP contribution is 2.33. The molecular weight excluding hydrogens is 268 g/mol. The van der Waals surface area contributed by atoms with Crippen LogP contribution in [0.2, 0.25) is 0 Å². The molecule has 0 saturated carbocycles. The van der Waals surface area contributed by atoms with Gasteiger partial charge < -0.3 is 4.74 Å². The first-order valence-electron chi connectivity index (χ1n) is 6.25. The molecule has 0 atom stereocenters. The van der Waals surface area contributed by atoms with E-state index in [0.29, 0.717) is 10.7 Å². The van der Waals surface area contributed by atoms with Crippen LogP contribution in [0.5, 0.6) is 0 Å². The van der Waals surface area contributed by atoms with Gasteiger partial charge in [0.25, 0.3) is 0 Å². The van der Waals surface area contributed by atoms with Crippen LogP contribution in [0.15, 0.2) is 82.3 Å². The number of rotatable bonds is 3. The van der Waals surface area contributed by atoms with E-state index >= 15 is 0 Å². The zero-order valence-corrected chi connectivity index (χ0v) is 11.5. The standard InChI is InChI=1S/C17H12O2S/c18-17-16(20-15-9-5-2-6-10-15)12-14(19-17)11-13-7-3-1-4-8-13/h1-12H/b14-11-. The van der Waals surface area contributed by atoms with Crippen molar-refractivity contribution in [3.63, 3.8) is 0 Å². The van der Waals surface area contributed by atoms with Crippen molar-refractivity contribution in [2.75, 3.05) is 0 Å². The van der Waals surface area contributed by atoms with Crippen LogP contribution in [0.3, 0.4) is 0 Å². The number of hydrogen-bond donors (Lipinski definition) is 0. The highest BCUT2D eigenvalue weighted by atomic mass is 32.2. The van der Waals surface area contributed by atoms with Crippen molar-refractivity contribution in [1.82, 2.24) is 0 Å². The molecule has 2 nitrogen and oxygen atoms in total. The first-order valence-corrected chi connectivity index (χ1v) is 7.06. The fourth-order valence-corrected chi connectivity index (χ4v) is 2.69. The van der Waals surface area contributed by atoms with Gasteiger partial charge in [0.2, 0.25) is 0 Å². The smallest absolute Gasteiger partial charge is 0.350 e. The number of hydrogen-bond acceptors (Lipinski definition) is 3. The molecule has 98 valence electrons. The van der Waals surface area contributed by atoms with Gasteiger partial charge in [-0.3, -0.25) is 0 Å². The van der Waals surface area contributed by atoms with Crippen molar-refractivity contribution in [3.8, 4) is 0 Å². The minimum Gasteiger partial charge on any atom is -0.422 e. The van der Waals surface area contributed by atoms with E-state index in [0.717, 1.165) is 10.5 Å². The van der Waals surface area contributed by atoms with Gasteiger partial charge in [0, 0.05) is 11.0 Å². The van der Waals surface area contributed by atoms with E-state index in [9.17, 15) is 4.79 Å². The van der Waals surface area contributed by atoms with Gasteiger partial charge in [-0.1, -0.05) is 60.3 Å². The molecule has 0 aliphatic carbocycles. The van der Waals surface area contributed by atoms with Gasteiger partial charge in [-0.2, -0.15) is 0 Å². The molecule has 0 fully saturated rings. The largest absolute Gasteiger partial charge is 0.422 e. The Balaban J connectivity index is 1.81. The van der Waals surface area contributed by atoms with Gasteiger partial charge in [-0.05, 0) is 23.8 Å². The maximum atomic E-state index is 11.8. The number of carbonyl (C=O) groups excluding carboxylic acids is 1. The van der Waals surface area contributed by atoms with Crippen LogP contribution >= 0.6 is 11.8 Å². The topological polar surface area (TPSA) is 26.3 Å². The predicted octanol–water partition coefficient (Wildman–Crippen LogP) is 4.26. The third-order valence-corrected chi connectivity index (χ3v) is 3.78. The summed E-state index contributed by atoms with van der Waals surface area (Å²) in [5.41, 5.74) is 1.01. The van der Waals surface area contributed by atoms with Crippen molar-refractivity contribution >= 4 is 23.8 Å². The minimum atomic E-state index is -0.291. The normalized spacial score (nSPS) is 16.1. The average Bonchev–Trinajstić information content (AvgIpc) is 2.81. The lowest BCUT2D eigenvalue weighted by molar-refractivity contribution is -0.132. The Hall–Kier alpha value is -2.26. The van der Waals surface area contributed by atoms with Crippen molar-refractivity contribution in [2.45, 2.75) is 4.90 Å². The molecular formula is C17H12O2S.